The van der Waals surface area contributed by atoms with Crippen LogP contribution in [0.25, 0.3) is 0 Å². The van der Waals surface area contributed by atoms with Gasteiger partial charge in [0.05, 0.1) is 5.54 Å². The van der Waals surface area contributed by atoms with E-state index in [2.05, 4.69) is 5.32 Å². The Labute approximate surface area is 93.4 Å². The Balaban J connectivity index is 2.95. The molecule has 4 heteroatoms. The number of alkyl halides is 1. The fourth-order valence-corrected chi connectivity index (χ4v) is 1.48. The van der Waals surface area contributed by atoms with Gasteiger partial charge in [-0.15, -0.1) is 11.6 Å². The molecule has 0 unspecified atom stereocenters. The molecule has 15 heavy (non-hydrogen) atoms. The lowest BCUT2D eigenvalue weighted by atomic mass is 9.94. The van der Waals surface area contributed by atoms with Crippen molar-refractivity contribution >= 4 is 17.5 Å². The molecule has 0 heterocycles. The average Bonchev–Trinajstić information content (AvgIpc) is 2.17. The molecule has 0 aliphatic carbocycles. The van der Waals surface area contributed by atoms with Crippen molar-refractivity contribution in [1.82, 2.24) is 5.32 Å². The predicted molar refractivity (Wildman–Crippen MR) is 58.3 cm³/mol. The summed E-state index contributed by atoms with van der Waals surface area (Å²) in [5, 5.41) is 2.65. The molecule has 0 aromatic heterocycles. The van der Waals surface area contributed by atoms with E-state index in [0.717, 1.165) is 0 Å². The van der Waals surface area contributed by atoms with Gasteiger partial charge < -0.3 is 5.32 Å². The molecule has 0 fully saturated rings. The summed E-state index contributed by atoms with van der Waals surface area (Å²) in [5.74, 6) is -0.778. The minimum atomic E-state index is -0.753. The standard InChI is InChI=1S/C11H13ClFNO/c1-11(2,14-10(15)7-12)8-5-3-4-6-9(8)13/h3-6H,7H2,1-2H3,(H,14,15). The normalized spacial score (nSPS) is 11.2. The summed E-state index contributed by atoms with van der Waals surface area (Å²) in [6.07, 6.45) is 0. The van der Waals surface area contributed by atoms with Crippen LogP contribution in [0.1, 0.15) is 19.4 Å². The summed E-state index contributed by atoms with van der Waals surface area (Å²) in [4.78, 5) is 11.1. The maximum atomic E-state index is 13.5. The van der Waals surface area contributed by atoms with E-state index in [9.17, 15) is 9.18 Å². The molecule has 2 nitrogen and oxygen atoms in total. The van der Waals surface area contributed by atoms with Crippen LogP contribution in [0.3, 0.4) is 0 Å². The average molecular weight is 230 g/mol. The van der Waals surface area contributed by atoms with Crippen molar-refractivity contribution in [2.24, 2.45) is 0 Å². The van der Waals surface area contributed by atoms with Crippen LogP contribution >= 0.6 is 11.6 Å². The number of hydrogen-bond donors (Lipinski definition) is 1. The lowest BCUT2D eigenvalue weighted by molar-refractivity contribution is -0.120. The van der Waals surface area contributed by atoms with Gasteiger partial charge in [-0.25, -0.2) is 4.39 Å². The molecule has 0 atom stereocenters. The Morgan fingerprint density at radius 2 is 2.07 bits per heavy atom. The van der Waals surface area contributed by atoms with Crippen LogP contribution in [0, 0.1) is 5.82 Å². The summed E-state index contributed by atoms with van der Waals surface area (Å²) < 4.78 is 13.5. The Kier molecular flexibility index (Phi) is 3.69. The minimum absolute atomic E-state index is 0.127. The van der Waals surface area contributed by atoms with Crippen molar-refractivity contribution in [3.63, 3.8) is 0 Å². The molecular formula is C11H13ClFNO. The molecule has 1 aromatic rings. The summed E-state index contributed by atoms with van der Waals surface area (Å²) in [6.45, 7) is 3.46. The summed E-state index contributed by atoms with van der Waals surface area (Å²) >= 11 is 5.38. The third-order valence-corrected chi connectivity index (χ3v) is 2.36. The van der Waals surface area contributed by atoms with E-state index in [0.29, 0.717) is 5.56 Å². The van der Waals surface area contributed by atoms with Gasteiger partial charge in [-0.2, -0.15) is 0 Å². The number of carbonyl (C=O) groups is 1. The van der Waals surface area contributed by atoms with Crippen molar-refractivity contribution in [1.29, 1.82) is 0 Å². The predicted octanol–water partition coefficient (Wildman–Crippen LogP) is 2.42. The molecule has 1 aromatic carbocycles. The Hall–Kier alpha value is -1.09. The molecule has 82 valence electrons. The lowest BCUT2D eigenvalue weighted by Crippen LogP contribution is -2.42. The Bertz CT molecular complexity index is 365. The van der Waals surface area contributed by atoms with E-state index in [1.54, 1.807) is 32.0 Å². The molecule has 0 saturated carbocycles. The highest BCUT2D eigenvalue weighted by Crippen LogP contribution is 2.22. The van der Waals surface area contributed by atoms with Crippen LogP contribution in [-0.2, 0) is 10.3 Å². The first kappa shape index (κ1) is 12.0. The molecule has 1 N–H and O–H groups in total. The second-order valence-corrected chi connectivity index (χ2v) is 4.05. The van der Waals surface area contributed by atoms with Crippen LogP contribution in [0.15, 0.2) is 24.3 Å². The van der Waals surface area contributed by atoms with Gasteiger partial charge >= 0.3 is 0 Å². The highest BCUT2D eigenvalue weighted by molar-refractivity contribution is 6.27. The topological polar surface area (TPSA) is 29.1 Å². The first-order chi connectivity index (χ1) is 6.97. The first-order valence-corrected chi connectivity index (χ1v) is 5.13. The van der Waals surface area contributed by atoms with Gasteiger partial charge in [-0.05, 0) is 19.9 Å². The van der Waals surface area contributed by atoms with Crippen LogP contribution in [-0.4, -0.2) is 11.8 Å². The number of halogens is 2. The van der Waals surface area contributed by atoms with Gasteiger partial charge in [0.25, 0.3) is 0 Å². The number of carbonyl (C=O) groups excluding carboxylic acids is 1. The summed E-state index contributed by atoms with van der Waals surface area (Å²) in [5.41, 5.74) is -0.305. The zero-order chi connectivity index (χ0) is 11.5. The molecule has 0 aliphatic rings. The zero-order valence-electron chi connectivity index (χ0n) is 8.68. The molecule has 0 saturated heterocycles. The molecule has 0 spiro atoms. The van der Waals surface area contributed by atoms with Crippen molar-refractivity contribution in [3.05, 3.63) is 35.6 Å². The highest BCUT2D eigenvalue weighted by atomic mass is 35.5. The number of amides is 1. The molecule has 1 amide bonds. The van der Waals surface area contributed by atoms with E-state index in [4.69, 9.17) is 11.6 Å². The summed E-state index contributed by atoms with van der Waals surface area (Å²) in [6, 6.07) is 6.35. The Morgan fingerprint density at radius 1 is 1.47 bits per heavy atom. The molecule has 0 aliphatic heterocycles. The van der Waals surface area contributed by atoms with Crippen molar-refractivity contribution in [2.75, 3.05) is 5.88 Å². The second kappa shape index (κ2) is 4.62. The Morgan fingerprint density at radius 3 is 2.60 bits per heavy atom. The smallest absolute Gasteiger partial charge is 0.235 e. The van der Waals surface area contributed by atoms with Gasteiger partial charge in [0.1, 0.15) is 11.7 Å². The quantitative estimate of drug-likeness (QED) is 0.793. The monoisotopic (exact) mass is 229 g/mol. The number of hydrogen-bond acceptors (Lipinski definition) is 1. The summed E-state index contributed by atoms with van der Waals surface area (Å²) in [7, 11) is 0. The molecule has 0 bridgehead atoms. The van der Waals surface area contributed by atoms with Gasteiger partial charge in [0.2, 0.25) is 5.91 Å². The van der Waals surface area contributed by atoms with Gasteiger partial charge in [0.15, 0.2) is 0 Å². The first-order valence-electron chi connectivity index (χ1n) is 4.59. The van der Waals surface area contributed by atoms with E-state index < -0.39 is 5.54 Å². The number of nitrogens with one attached hydrogen (secondary N) is 1. The van der Waals surface area contributed by atoms with Crippen molar-refractivity contribution in [2.45, 2.75) is 19.4 Å². The number of rotatable bonds is 3. The fraction of sp³-hybridized carbons (Fsp3) is 0.364. The zero-order valence-corrected chi connectivity index (χ0v) is 9.44. The van der Waals surface area contributed by atoms with E-state index in [1.165, 1.54) is 6.07 Å². The van der Waals surface area contributed by atoms with E-state index in [-0.39, 0.29) is 17.6 Å². The van der Waals surface area contributed by atoms with Gasteiger partial charge in [-0.1, -0.05) is 18.2 Å². The largest absolute Gasteiger partial charge is 0.346 e. The minimum Gasteiger partial charge on any atom is -0.346 e. The van der Waals surface area contributed by atoms with Crippen LogP contribution in [0.5, 0.6) is 0 Å². The third-order valence-electron chi connectivity index (χ3n) is 2.12. The molecule has 1 rings (SSSR count). The fourth-order valence-electron chi connectivity index (χ4n) is 1.42. The van der Waals surface area contributed by atoms with Crippen molar-refractivity contribution in [3.8, 4) is 0 Å². The number of benzene rings is 1. The highest BCUT2D eigenvalue weighted by Gasteiger charge is 2.25. The van der Waals surface area contributed by atoms with Crippen LogP contribution < -0.4 is 5.32 Å². The van der Waals surface area contributed by atoms with E-state index >= 15 is 0 Å². The maximum absolute atomic E-state index is 13.5. The van der Waals surface area contributed by atoms with Crippen LogP contribution in [0.2, 0.25) is 0 Å². The SMILES string of the molecule is CC(C)(NC(=O)CCl)c1ccccc1F. The lowest BCUT2D eigenvalue weighted by Gasteiger charge is -2.26. The molecular weight excluding hydrogens is 217 g/mol. The van der Waals surface area contributed by atoms with Crippen molar-refractivity contribution < 1.29 is 9.18 Å². The van der Waals surface area contributed by atoms with Gasteiger partial charge in [-0.3, -0.25) is 4.79 Å². The van der Waals surface area contributed by atoms with Crippen LogP contribution in [0.4, 0.5) is 4.39 Å². The third kappa shape index (κ3) is 2.93. The maximum Gasteiger partial charge on any atom is 0.235 e. The van der Waals surface area contributed by atoms with Gasteiger partial charge in [0, 0.05) is 5.56 Å². The molecule has 0 radical (unpaired) electrons. The second-order valence-electron chi connectivity index (χ2n) is 3.79. The van der Waals surface area contributed by atoms with E-state index in [1.807, 2.05) is 0 Å².